The average molecular weight is 469 g/mol. The zero-order valence-electron chi connectivity index (χ0n) is 20.2. The minimum atomic E-state index is -0.332. The third-order valence-electron chi connectivity index (χ3n) is 6.74. The molecular formula is C30H32N2O3. The number of aromatic nitrogens is 1. The molecule has 1 fully saturated rings. The SMILES string of the molecule is CCOC(=O)c1[nH]c2ccccc2c1C(c1ccccc1)c1ccc(OCCN2CCCC2)cc1. The van der Waals surface area contributed by atoms with E-state index in [0.717, 1.165) is 39.9 Å². The van der Waals surface area contributed by atoms with E-state index in [0.29, 0.717) is 18.9 Å². The number of aromatic amines is 1. The summed E-state index contributed by atoms with van der Waals surface area (Å²) in [6, 6.07) is 26.7. The number of fused-ring (bicyclic) bond motifs is 1. The van der Waals surface area contributed by atoms with E-state index >= 15 is 0 Å². The number of carbonyl (C=O) groups excluding carboxylic acids is 1. The van der Waals surface area contributed by atoms with Crippen LogP contribution in [0.4, 0.5) is 0 Å². The number of nitrogens with zero attached hydrogens (tertiary/aromatic N) is 1. The largest absolute Gasteiger partial charge is 0.492 e. The average Bonchev–Trinajstić information content (AvgIpc) is 3.55. The Labute approximate surface area is 206 Å². The number of nitrogens with one attached hydrogen (secondary N) is 1. The maximum atomic E-state index is 13.0. The van der Waals surface area contributed by atoms with Gasteiger partial charge in [0.15, 0.2) is 0 Å². The van der Waals surface area contributed by atoms with Crippen LogP contribution >= 0.6 is 0 Å². The normalized spacial score (nSPS) is 14.8. The molecule has 5 rings (SSSR count). The van der Waals surface area contributed by atoms with Crippen molar-refractivity contribution in [3.63, 3.8) is 0 Å². The third-order valence-corrected chi connectivity index (χ3v) is 6.74. The van der Waals surface area contributed by atoms with E-state index in [2.05, 4.69) is 40.2 Å². The first-order valence-corrected chi connectivity index (χ1v) is 12.5. The standard InChI is InChI=1S/C30H32N2O3/c1-2-34-30(33)29-28(25-12-6-7-13-26(25)31-29)27(22-10-4-3-5-11-22)23-14-16-24(17-15-23)35-21-20-32-18-8-9-19-32/h3-7,10-17,27,31H,2,8-9,18-21H2,1H3. The van der Waals surface area contributed by atoms with Crippen LogP contribution in [0.15, 0.2) is 78.9 Å². The predicted octanol–water partition coefficient (Wildman–Crippen LogP) is 6.00. The van der Waals surface area contributed by atoms with Gasteiger partial charge >= 0.3 is 5.97 Å². The van der Waals surface area contributed by atoms with Gasteiger partial charge in [-0.05, 0) is 62.2 Å². The van der Waals surface area contributed by atoms with E-state index in [1.54, 1.807) is 0 Å². The predicted molar refractivity (Wildman–Crippen MR) is 139 cm³/mol. The van der Waals surface area contributed by atoms with Gasteiger partial charge in [0.05, 0.1) is 6.61 Å². The molecule has 1 atom stereocenters. The molecule has 35 heavy (non-hydrogen) atoms. The summed E-state index contributed by atoms with van der Waals surface area (Å²) >= 11 is 0. The lowest BCUT2D eigenvalue weighted by molar-refractivity contribution is 0.0519. The fourth-order valence-electron chi connectivity index (χ4n) is 5.05. The Morgan fingerprint density at radius 3 is 2.34 bits per heavy atom. The summed E-state index contributed by atoms with van der Waals surface area (Å²) in [4.78, 5) is 18.8. The first-order chi connectivity index (χ1) is 17.2. The van der Waals surface area contributed by atoms with E-state index in [1.807, 2.05) is 55.5 Å². The van der Waals surface area contributed by atoms with Crippen LogP contribution in [0.2, 0.25) is 0 Å². The second-order valence-corrected chi connectivity index (χ2v) is 8.99. The van der Waals surface area contributed by atoms with Crippen molar-refractivity contribution in [2.45, 2.75) is 25.7 Å². The quantitative estimate of drug-likeness (QED) is 0.306. The maximum Gasteiger partial charge on any atom is 0.355 e. The zero-order valence-corrected chi connectivity index (χ0v) is 20.2. The Bertz CT molecular complexity index is 1260. The van der Waals surface area contributed by atoms with E-state index in [4.69, 9.17) is 9.47 Å². The fourth-order valence-corrected chi connectivity index (χ4v) is 5.05. The van der Waals surface area contributed by atoms with Crippen molar-refractivity contribution >= 4 is 16.9 Å². The van der Waals surface area contributed by atoms with Gasteiger partial charge in [-0.25, -0.2) is 4.79 Å². The number of rotatable bonds is 9. The summed E-state index contributed by atoms with van der Waals surface area (Å²) in [5.41, 5.74) is 4.58. The number of hydrogen-bond donors (Lipinski definition) is 1. The molecule has 0 bridgehead atoms. The fraction of sp³-hybridized carbons (Fsp3) is 0.300. The number of para-hydroxylation sites is 1. The molecule has 1 N–H and O–H groups in total. The Balaban J connectivity index is 1.50. The van der Waals surface area contributed by atoms with E-state index in [-0.39, 0.29) is 11.9 Å². The second kappa shape index (κ2) is 10.8. The second-order valence-electron chi connectivity index (χ2n) is 8.99. The molecule has 4 aromatic rings. The van der Waals surface area contributed by atoms with Crippen molar-refractivity contribution in [3.8, 4) is 5.75 Å². The smallest absolute Gasteiger partial charge is 0.355 e. The topological polar surface area (TPSA) is 54.6 Å². The monoisotopic (exact) mass is 468 g/mol. The van der Waals surface area contributed by atoms with Crippen LogP contribution in [-0.2, 0) is 4.74 Å². The number of H-pyrrole nitrogens is 1. The lowest BCUT2D eigenvalue weighted by Crippen LogP contribution is -2.25. The van der Waals surface area contributed by atoms with Crippen LogP contribution in [0.3, 0.4) is 0 Å². The van der Waals surface area contributed by atoms with Gasteiger partial charge in [0.2, 0.25) is 0 Å². The number of esters is 1. The van der Waals surface area contributed by atoms with Crippen molar-refractivity contribution in [3.05, 3.63) is 101 Å². The molecule has 0 saturated carbocycles. The van der Waals surface area contributed by atoms with E-state index in [9.17, 15) is 4.79 Å². The number of ether oxygens (including phenoxy) is 2. The molecule has 5 nitrogen and oxygen atoms in total. The Kier molecular flexibility index (Phi) is 7.15. The van der Waals surface area contributed by atoms with Gasteiger partial charge in [-0.1, -0.05) is 60.7 Å². The number of benzene rings is 3. The third kappa shape index (κ3) is 5.10. The molecule has 1 aliphatic rings. The molecule has 3 aromatic carbocycles. The molecule has 0 amide bonds. The van der Waals surface area contributed by atoms with Crippen LogP contribution in [-0.4, -0.2) is 48.7 Å². The molecule has 1 unspecified atom stereocenters. The highest BCUT2D eigenvalue weighted by atomic mass is 16.5. The molecule has 1 aliphatic heterocycles. The lowest BCUT2D eigenvalue weighted by atomic mass is 9.83. The number of hydrogen-bond acceptors (Lipinski definition) is 4. The Morgan fingerprint density at radius 1 is 0.914 bits per heavy atom. The molecule has 5 heteroatoms. The minimum Gasteiger partial charge on any atom is -0.492 e. The molecule has 1 aromatic heterocycles. The van der Waals surface area contributed by atoms with Gasteiger partial charge < -0.3 is 14.5 Å². The Morgan fingerprint density at radius 2 is 1.60 bits per heavy atom. The van der Waals surface area contributed by atoms with Crippen LogP contribution in [0.1, 0.15) is 52.9 Å². The van der Waals surface area contributed by atoms with E-state index < -0.39 is 0 Å². The van der Waals surface area contributed by atoms with Crippen molar-refractivity contribution in [2.24, 2.45) is 0 Å². The van der Waals surface area contributed by atoms with Crippen LogP contribution < -0.4 is 4.74 Å². The number of likely N-dealkylation sites (tertiary alicyclic amines) is 1. The summed E-state index contributed by atoms with van der Waals surface area (Å²) in [5.74, 6) is 0.399. The molecule has 1 saturated heterocycles. The molecular weight excluding hydrogens is 436 g/mol. The van der Waals surface area contributed by atoms with E-state index in [1.165, 1.54) is 25.9 Å². The summed E-state index contributed by atoms with van der Waals surface area (Å²) in [7, 11) is 0. The first kappa shape index (κ1) is 23.2. The first-order valence-electron chi connectivity index (χ1n) is 12.5. The molecule has 2 heterocycles. The van der Waals surface area contributed by atoms with Gasteiger partial charge in [-0.3, -0.25) is 4.90 Å². The van der Waals surface area contributed by atoms with Gasteiger partial charge in [0.25, 0.3) is 0 Å². The molecule has 0 spiro atoms. The van der Waals surface area contributed by atoms with Gasteiger partial charge in [-0.2, -0.15) is 0 Å². The van der Waals surface area contributed by atoms with Crippen LogP contribution in [0.25, 0.3) is 10.9 Å². The Hall–Kier alpha value is -3.57. The summed E-state index contributed by atoms with van der Waals surface area (Å²) < 4.78 is 11.5. The maximum absolute atomic E-state index is 13.0. The highest BCUT2D eigenvalue weighted by Crippen LogP contribution is 2.39. The van der Waals surface area contributed by atoms with Crippen molar-refractivity contribution in [1.82, 2.24) is 9.88 Å². The van der Waals surface area contributed by atoms with Crippen LogP contribution in [0.5, 0.6) is 5.75 Å². The molecule has 180 valence electrons. The summed E-state index contributed by atoms with van der Waals surface area (Å²) in [5, 5.41) is 1.02. The summed E-state index contributed by atoms with van der Waals surface area (Å²) in [6.45, 7) is 6.16. The van der Waals surface area contributed by atoms with Crippen molar-refractivity contribution in [2.75, 3.05) is 32.8 Å². The van der Waals surface area contributed by atoms with Crippen molar-refractivity contribution < 1.29 is 14.3 Å². The zero-order chi connectivity index (χ0) is 24.0. The number of carbonyl (C=O) groups is 1. The minimum absolute atomic E-state index is 0.134. The molecule has 0 radical (unpaired) electrons. The highest BCUT2D eigenvalue weighted by Gasteiger charge is 2.28. The summed E-state index contributed by atoms with van der Waals surface area (Å²) in [6.07, 6.45) is 2.58. The lowest BCUT2D eigenvalue weighted by Gasteiger charge is -2.20. The van der Waals surface area contributed by atoms with Gasteiger partial charge in [-0.15, -0.1) is 0 Å². The highest BCUT2D eigenvalue weighted by molar-refractivity contribution is 5.99. The van der Waals surface area contributed by atoms with Crippen molar-refractivity contribution in [1.29, 1.82) is 0 Å². The van der Waals surface area contributed by atoms with Crippen LogP contribution in [0, 0.1) is 0 Å². The molecule has 0 aliphatic carbocycles. The van der Waals surface area contributed by atoms with Gasteiger partial charge in [0, 0.05) is 28.9 Å². The van der Waals surface area contributed by atoms with Gasteiger partial charge in [0.1, 0.15) is 18.1 Å².